The van der Waals surface area contributed by atoms with Crippen LogP contribution in [0, 0.1) is 0 Å². The zero-order chi connectivity index (χ0) is 17.4. The van der Waals surface area contributed by atoms with Crippen molar-refractivity contribution in [3.05, 3.63) is 29.8 Å². The number of nitrogens with zero attached hydrogens (tertiary/aromatic N) is 2. The largest absolute Gasteiger partial charge is 0.370 e. The molecule has 7 heteroatoms. The zero-order valence-electron chi connectivity index (χ0n) is 13.9. The molecule has 1 saturated carbocycles. The summed E-state index contributed by atoms with van der Waals surface area (Å²) in [5, 5.41) is 3.12. The second kappa shape index (κ2) is 8.90. The summed E-state index contributed by atoms with van der Waals surface area (Å²) in [6.45, 7) is 0. The molecule has 130 valence electrons. The minimum atomic E-state index is -0.173. The molecule has 1 fully saturated rings. The van der Waals surface area contributed by atoms with E-state index < -0.39 is 0 Å². The van der Waals surface area contributed by atoms with Gasteiger partial charge in [-0.3, -0.25) is 4.79 Å². The summed E-state index contributed by atoms with van der Waals surface area (Å²) in [5.74, 6) is -0.397. The fraction of sp³-hybridized carbons (Fsp3) is 0.471. The molecule has 7 N–H and O–H groups in total. The lowest BCUT2D eigenvalue weighted by atomic mass is 9.96. The molecule has 0 radical (unpaired) electrons. The number of nitrogens with two attached hydrogens (primary N) is 3. The van der Waals surface area contributed by atoms with Crippen LogP contribution in [0.25, 0.3) is 0 Å². The second-order valence-corrected chi connectivity index (χ2v) is 6.04. The van der Waals surface area contributed by atoms with E-state index in [-0.39, 0.29) is 23.9 Å². The van der Waals surface area contributed by atoms with Gasteiger partial charge in [0.1, 0.15) is 0 Å². The first-order valence-electron chi connectivity index (χ1n) is 8.40. The summed E-state index contributed by atoms with van der Waals surface area (Å²) in [6, 6.07) is 7.23. The molecule has 0 aromatic heterocycles. The molecular formula is C17H26N6O. The topological polar surface area (TPSA) is 132 Å². The molecule has 1 aromatic rings. The first-order chi connectivity index (χ1) is 11.6. The van der Waals surface area contributed by atoms with Gasteiger partial charge >= 0.3 is 0 Å². The maximum Gasteiger partial charge on any atom is 0.253 e. The Bertz CT molecular complexity index is 613. The van der Waals surface area contributed by atoms with E-state index in [0.29, 0.717) is 11.3 Å². The van der Waals surface area contributed by atoms with Crippen LogP contribution in [0.3, 0.4) is 0 Å². The molecule has 0 saturated heterocycles. The summed E-state index contributed by atoms with van der Waals surface area (Å²) in [4.78, 5) is 20.4. The van der Waals surface area contributed by atoms with E-state index in [2.05, 4.69) is 15.3 Å². The lowest BCUT2D eigenvalue weighted by molar-refractivity contribution is 0.0931. The number of hydrogen-bond acceptors (Lipinski definition) is 2. The van der Waals surface area contributed by atoms with Gasteiger partial charge in [-0.1, -0.05) is 44.2 Å². The van der Waals surface area contributed by atoms with E-state index >= 15 is 0 Å². The maximum atomic E-state index is 12.6. The van der Waals surface area contributed by atoms with Gasteiger partial charge in [-0.15, -0.1) is 0 Å². The van der Waals surface area contributed by atoms with Crippen LogP contribution < -0.4 is 22.5 Å². The summed E-state index contributed by atoms with van der Waals surface area (Å²) < 4.78 is 0. The van der Waals surface area contributed by atoms with Crippen LogP contribution in [0.1, 0.15) is 55.3 Å². The van der Waals surface area contributed by atoms with Crippen molar-refractivity contribution in [1.82, 2.24) is 5.32 Å². The summed E-state index contributed by atoms with van der Waals surface area (Å²) in [7, 11) is 0. The molecule has 1 aromatic carbocycles. The van der Waals surface area contributed by atoms with Gasteiger partial charge in [-0.25, -0.2) is 4.99 Å². The van der Waals surface area contributed by atoms with Crippen LogP contribution in [0.4, 0.5) is 5.69 Å². The van der Waals surface area contributed by atoms with Gasteiger partial charge < -0.3 is 22.5 Å². The van der Waals surface area contributed by atoms with Crippen molar-refractivity contribution in [1.29, 1.82) is 0 Å². The molecule has 1 aliphatic rings. The molecule has 0 atom stereocenters. The number of hydrogen-bond donors (Lipinski definition) is 4. The molecule has 7 nitrogen and oxygen atoms in total. The SMILES string of the molecule is NC(N)=NC(N)=Nc1ccccc1C(=O)NC1CCCCCCC1. The lowest BCUT2D eigenvalue weighted by Crippen LogP contribution is -2.35. The van der Waals surface area contributed by atoms with Crippen LogP contribution in [-0.2, 0) is 0 Å². The second-order valence-electron chi connectivity index (χ2n) is 6.04. The Morgan fingerprint density at radius 2 is 1.62 bits per heavy atom. The van der Waals surface area contributed by atoms with E-state index in [0.717, 1.165) is 25.7 Å². The van der Waals surface area contributed by atoms with Gasteiger partial charge in [0.25, 0.3) is 5.91 Å². The predicted octanol–water partition coefficient (Wildman–Crippen LogP) is 1.75. The number of carbonyl (C=O) groups excluding carboxylic acids is 1. The highest BCUT2D eigenvalue weighted by atomic mass is 16.1. The molecular weight excluding hydrogens is 304 g/mol. The van der Waals surface area contributed by atoms with Crippen molar-refractivity contribution in [2.24, 2.45) is 27.2 Å². The number of nitrogens with one attached hydrogen (secondary N) is 1. The highest BCUT2D eigenvalue weighted by Crippen LogP contribution is 2.21. The molecule has 0 bridgehead atoms. The van der Waals surface area contributed by atoms with Gasteiger partial charge in [-0.05, 0) is 25.0 Å². The van der Waals surface area contributed by atoms with E-state index in [1.54, 1.807) is 24.3 Å². The number of guanidine groups is 2. The number of aliphatic imine (C=N–C) groups is 2. The molecule has 0 unspecified atom stereocenters. The highest BCUT2D eigenvalue weighted by molar-refractivity contribution is 6.01. The van der Waals surface area contributed by atoms with Crippen LogP contribution in [-0.4, -0.2) is 23.9 Å². The Labute approximate surface area is 142 Å². The first kappa shape index (κ1) is 17.8. The molecule has 24 heavy (non-hydrogen) atoms. The third-order valence-corrected chi connectivity index (χ3v) is 4.07. The fourth-order valence-corrected chi connectivity index (χ4v) is 2.91. The van der Waals surface area contributed by atoms with Gasteiger partial charge in [0.2, 0.25) is 5.96 Å². The highest BCUT2D eigenvalue weighted by Gasteiger charge is 2.17. The predicted molar refractivity (Wildman–Crippen MR) is 97.1 cm³/mol. The number of carbonyl (C=O) groups is 1. The van der Waals surface area contributed by atoms with Gasteiger partial charge in [-0.2, -0.15) is 4.99 Å². The van der Waals surface area contributed by atoms with Crippen molar-refractivity contribution >= 4 is 23.5 Å². The van der Waals surface area contributed by atoms with Crippen molar-refractivity contribution in [3.8, 4) is 0 Å². The number of rotatable bonds is 3. The smallest absolute Gasteiger partial charge is 0.253 e. The summed E-state index contributed by atoms with van der Waals surface area (Å²) >= 11 is 0. The summed E-state index contributed by atoms with van der Waals surface area (Å²) in [6.07, 6.45) is 8.12. The monoisotopic (exact) mass is 330 g/mol. The average Bonchev–Trinajstić information content (AvgIpc) is 2.49. The minimum Gasteiger partial charge on any atom is -0.370 e. The number of para-hydroxylation sites is 1. The van der Waals surface area contributed by atoms with Gasteiger partial charge in [0, 0.05) is 6.04 Å². The fourth-order valence-electron chi connectivity index (χ4n) is 2.91. The summed E-state index contributed by atoms with van der Waals surface area (Å²) in [5.41, 5.74) is 17.1. The average molecular weight is 330 g/mol. The third kappa shape index (κ3) is 5.57. The quantitative estimate of drug-likeness (QED) is 0.496. The van der Waals surface area contributed by atoms with Gasteiger partial charge in [0.15, 0.2) is 5.96 Å². The maximum absolute atomic E-state index is 12.6. The number of amides is 1. The van der Waals surface area contributed by atoms with Crippen molar-refractivity contribution in [3.63, 3.8) is 0 Å². The normalized spacial score (nSPS) is 16.8. The van der Waals surface area contributed by atoms with Gasteiger partial charge in [0.05, 0.1) is 11.3 Å². The Morgan fingerprint density at radius 3 is 2.29 bits per heavy atom. The minimum absolute atomic E-state index is 0.0822. The molecule has 0 heterocycles. The van der Waals surface area contributed by atoms with Crippen LogP contribution in [0.15, 0.2) is 34.3 Å². The standard InChI is InChI=1S/C17H26N6O/c18-16(19)23-17(20)22-14-11-7-6-10-13(14)15(24)21-12-8-4-2-1-3-5-9-12/h6-7,10-12H,1-5,8-9H2,(H,21,24)(H6,18,19,20,22,23). The molecule has 1 amide bonds. The molecule has 1 aliphatic carbocycles. The third-order valence-electron chi connectivity index (χ3n) is 4.07. The van der Waals surface area contributed by atoms with E-state index in [9.17, 15) is 4.79 Å². The van der Waals surface area contributed by atoms with Crippen LogP contribution in [0.2, 0.25) is 0 Å². The Kier molecular flexibility index (Phi) is 6.60. The number of benzene rings is 1. The van der Waals surface area contributed by atoms with E-state index in [4.69, 9.17) is 17.2 Å². The molecule has 2 rings (SSSR count). The van der Waals surface area contributed by atoms with Crippen molar-refractivity contribution in [2.45, 2.75) is 51.0 Å². The van der Waals surface area contributed by atoms with E-state index in [1.165, 1.54) is 19.3 Å². The lowest BCUT2D eigenvalue weighted by Gasteiger charge is -2.21. The Hall–Kier alpha value is -2.57. The van der Waals surface area contributed by atoms with Crippen molar-refractivity contribution in [2.75, 3.05) is 0 Å². The Balaban J connectivity index is 2.13. The molecule has 0 spiro atoms. The molecule has 0 aliphatic heterocycles. The first-order valence-corrected chi connectivity index (χ1v) is 8.40. The van der Waals surface area contributed by atoms with Crippen molar-refractivity contribution < 1.29 is 4.79 Å². The Morgan fingerprint density at radius 1 is 1.00 bits per heavy atom. The zero-order valence-corrected chi connectivity index (χ0v) is 13.9. The van der Waals surface area contributed by atoms with E-state index in [1.807, 2.05) is 0 Å². The van der Waals surface area contributed by atoms with Crippen LogP contribution in [0.5, 0.6) is 0 Å². The van der Waals surface area contributed by atoms with Crippen LogP contribution >= 0.6 is 0 Å².